The summed E-state index contributed by atoms with van der Waals surface area (Å²) < 4.78 is 0.930. The van der Waals surface area contributed by atoms with Crippen molar-refractivity contribution in [1.29, 1.82) is 0 Å². The summed E-state index contributed by atoms with van der Waals surface area (Å²) in [5, 5.41) is 12.1. The lowest BCUT2D eigenvalue weighted by molar-refractivity contribution is 0.102. The molecule has 2 aromatic carbocycles. The van der Waals surface area contributed by atoms with E-state index in [-0.39, 0.29) is 11.7 Å². The fraction of sp³-hybridized carbons (Fsp3) is 0.0714. The third-order valence-corrected chi connectivity index (χ3v) is 3.09. The molecule has 0 unspecified atom stereocenters. The summed E-state index contributed by atoms with van der Waals surface area (Å²) in [6.07, 6.45) is 0. The minimum Gasteiger partial charge on any atom is -0.508 e. The molecule has 0 atom stereocenters. The zero-order chi connectivity index (χ0) is 13.1. The van der Waals surface area contributed by atoms with Gasteiger partial charge in [0.1, 0.15) is 5.75 Å². The van der Waals surface area contributed by atoms with Gasteiger partial charge in [-0.1, -0.05) is 15.9 Å². The van der Waals surface area contributed by atoms with Crippen LogP contribution in [0.15, 0.2) is 46.9 Å². The number of hydrogen-bond donors (Lipinski definition) is 2. The first-order chi connectivity index (χ1) is 8.56. The number of phenolic OH excluding ortho intramolecular Hbond substituents is 1. The lowest BCUT2D eigenvalue weighted by Gasteiger charge is -2.08. The molecule has 2 N–H and O–H groups in total. The Morgan fingerprint density at radius 1 is 1.17 bits per heavy atom. The number of halogens is 1. The molecule has 0 aliphatic heterocycles. The molecule has 0 radical (unpaired) electrons. The van der Waals surface area contributed by atoms with Gasteiger partial charge in [0, 0.05) is 15.7 Å². The maximum absolute atomic E-state index is 12.0. The first kappa shape index (κ1) is 12.6. The number of hydrogen-bond acceptors (Lipinski definition) is 2. The number of benzene rings is 2. The normalized spacial score (nSPS) is 10.1. The molecule has 0 saturated heterocycles. The Morgan fingerprint density at radius 2 is 1.83 bits per heavy atom. The van der Waals surface area contributed by atoms with E-state index in [1.807, 2.05) is 19.1 Å². The molecule has 2 aromatic rings. The average molecular weight is 306 g/mol. The third-order valence-electron chi connectivity index (χ3n) is 2.56. The molecule has 0 aliphatic carbocycles. The summed E-state index contributed by atoms with van der Waals surface area (Å²) >= 11 is 3.32. The number of aromatic hydroxyl groups is 1. The highest BCUT2D eigenvalue weighted by Crippen LogP contribution is 2.21. The lowest BCUT2D eigenvalue weighted by atomic mass is 10.1. The van der Waals surface area contributed by atoms with Crippen LogP contribution in [0.3, 0.4) is 0 Å². The number of anilines is 1. The highest BCUT2D eigenvalue weighted by Gasteiger charge is 2.07. The second-order valence-electron chi connectivity index (χ2n) is 3.96. The predicted molar refractivity (Wildman–Crippen MR) is 74.9 cm³/mol. The standard InChI is InChI=1S/C14H12BrNO2/c1-9-8-12(17)6-7-13(9)16-14(18)10-2-4-11(15)5-3-10/h2-8,17H,1H3,(H,16,18). The molecule has 3 nitrogen and oxygen atoms in total. The van der Waals surface area contributed by atoms with Crippen LogP contribution in [0.2, 0.25) is 0 Å². The maximum Gasteiger partial charge on any atom is 0.255 e. The van der Waals surface area contributed by atoms with E-state index in [4.69, 9.17) is 0 Å². The molecule has 1 amide bonds. The maximum atomic E-state index is 12.0. The summed E-state index contributed by atoms with van der Waals surface area (Å²) in [6, 6.07) is 12.0. The second-order valence-corrected chi connectivity index (χ2v) is 4.88. The van der Waals surface area contributed by atoms with Crippen molar-refractivity contribution in [3.8, 4) is 5.75 Å². The lowest BCUT2D eigenvalue weighted by Crippen LogP contribution is -2.12. The molecular weight excluding hydrogens is 294 g/mol. The van der Waals surface area contributed by atoms with E-state index in [2.05, 4.69) is 21.2 Å². The average Bonchev–Trinajstić information content (AvgIpc) is 2.33. The van der Waals surface area contributed by atoms with Crippen LogP contribution in [0.5, 0.6) is 5.75 Å². The van der Waals surface area contributed by atoms with Gasteiger partial charge in [0.15, 0.2) is 0 Å². The number of carbonyl (C=O) groups excluding carboxylic acids is 1. The van der Waals surface area contributed by atoms with Gasteiger partial charge in [-0.2, -0.15) is 0 Å². The first-order valence-electron chi connectivity index (χ1n) is 5.43. The summed E-state index contributed by atoms with van der Waals surface area (Å²) in [7, 11) is 0. The van der Waals surface area contributed by atoms with Crippen LogP contribution in [0.4, 0.5) is 5.69 Å². The third kappa shape index (κ3) is 2.90. The number of carbonyl (C=O) groups is 1. The van der Waals surface area contributed by atoms with Crippen LogP contribution in [0, 0.1) is 6.92 Å². The Hall–Kier alpha value is -1.81. The van der Waals surface area contributed by atoms with Crippen LogP contribution in [-0.2, 0) is 0 Å². The fourth-order valence-electron chi connectivity index (χ4n) is 1.58. The SMILES string of the molecule is Cc1cc(O)ccc1NC(=O)c1ccc(Br)cc1. The molecule has 0 heterocycles. The Morgan fingerprint density at radius 3 is 2.44 bits per heavy atom. The molecule has 0 aliphatic rings. The van der Waals surface area contributed by atoms with Gasteiger partial charge in [0.2, 0.25) is 0 Å². The molecule has 2 rings (SSSR count). The van der Waals surface area contributed by atoms with Crippen molar-refractivity contribution in [2.45, 2.75) is 6.92 Å². The van der Waals surface area contributed by atoms with E-state index in [9.17, 15) is 9.90 Å². The minimum atomic E-state index is -0.170. The van der Waals surface area contributed by atoms with Gasteiger partial charge in [-0.05, 0) is 55.0 Å². The van der Waals surface area contributed by atoms with Crippen molar-refractivity contribution >= 4 is 27.5 Å². The quantitative estimate of drug-likeness (QED) is 0.831. The smallest absolute Gasteiger partial charge is 0.255 e. The Labute approximate surface area is 114 Å². The van der Waals surface area contributed by atoms with Crippen molar-refractivity contribution in [3.05, 3.63) is 58.1 Å². The number of amides is 1. The molecule has 4 heteroatoms. The van der Waals surface area contributed by atoms with Crippen molar-refractivity contribution < 1.29 is 9.90 Å². The number of rotatable bonds is 2. The van der Waals surface area contributed by atoms with Gasteiger partial charge >= 0.3 is 0 Å². The van der Waals surface area contributed by atoms with Gasteiger partial charge in [0.25, 0.3) is 5.91 Å². The zero-order valence-corrected chi connectivity index (χ0v) is 11.4. The molecule has 0 fully saturated rings. The Kier molecular flexibility index (Phi) is 3.67. The van der Waals surface area contributed by atoms with E-state index < -0.39 is 0 Å². The number of aryl methyl sites for hydroxylation is 1. The molecule has 18 heavy (non-hydrogen) atoms. The van der Waals surface area contributed by atoms with E-state index >= 15 is 0 Å². The van der Waals surface area contributed by atoms with Crippen LogP contribution in [0.25, 0.3) is 0 Å². The van der Waals surface area contributed by atoms with Gasteiger partial charge in [-0.25, -0.2) is 0 Å². The molecule has 0 bridgehead atoms. The number of phenols is 1. The van der Waals surface area contributed by atoms with E-state index in [0.717, 1.165) is 10.0 Å². The largest absolute Gasteiger partial charge is 0.508 e. The molecule has 0 spiro atoms. The van der Waals surface area contributed by atoms with Crippen molar-refractivity contribution in [3.63, 3.8) is 0 Å². The van der Waals surface area contributed by atoms with Crippen LogP contribution >= 0.6 is 15.9 Å². The van der Waals surface area contributed by atoms with Crippen molar-refractivity contribution in [2.24, 2.45) is 0 Å². The van der Waals surface area contributed by atoms with Gasteiger partial charge in [-0.3, -0.25) is 4.79 Å². The molecular formula is C14H12BrNO2. The van der Waals surface area contributed by atoms with Crippen molar-refractivity contribution in [2.75, 3.05) is 5.32 Å². The highest BCUT2D eigenvalue weighted by atomic mass is 79.9. The van der Waals surface area contributed by atoms with Gasteiger partial charge < -0.3 is 10.4 Å². The zero-order valence-electron chi connectivity index (χ0n) is 9.77. The summed E-state index contributed by atoms with van der Waals surface area (Å²) in [6.45, 7) is 1.83. The molecule has 0 aromatic heterocycles. The summed E-state index contributed by atoms with van der Waals surface area (Å²) in [5.74, 6) is 0.0189. The number of nitrogens with one attached hydrogen (secondary N) is 1. The van der Waals surface area contributed by atoms with E-state index in [0.29, 0.717) is 11.3 Å². The Balaban J connectivity index is 2.18. The van der Waals surface area contributed by atoms with E-state index in [1.165, 1.54) is 0 Å². The Bertz CT molecular complexity index is 579. The predicted octanol–water partition coefficient (Wildman–Crippen LogP) is 3.72. The fourth-order valence-corrected chi connectivity index (χ4v) is 1.85. The molecule has 92 valence electrons. The van der Waals surface area contributed by atoms with Crippen LogP contribution in [-0.4, -0.2) is 11.0 Å². The monoisotopic (exact) mass is 305 g/mol. The van der Waals surface area contributed by atoms with E-state index in [1.54, 1.807) is 30.3 Å². The summed E-state index contributed by atoms with van der Waals surface area (Å²) in [5.41, 5.74) is 2.10. The minimum absolute atomic E-state index is 0.170. The highest BCUT2D eigenvalue weighted by molar-refractivity contribution is 9.10. The van der Waals surface area contributed by atoms with Crippen molar-refractivity contribution in [1.82, 2.24) is 0 Å². The van der Waals surface area contributed by atoms with Gasteiger partial charge in [0.05, 0.1) is 0 Å². The van der Waals surface area contributed by atoms with Gasteiger partial charge in [-0.15, -0.1) is 0 Å². The first-order valence-corrected chi connectivity index (χ1v) is 6.22. The second kappa shape index (κ2) is 5.23. The van der Waals surface area contributed by atoms with Crippen LogP contribution in [0.1, 0.15) is 15.9 Å². The topological polar surface area (TPSA) is 49.3 Å². The summed E-state index contributed by atoms with van der Waals surface area (Å²) in [4.78, 5) is 12.0. The van der Waals surface area contributed by atoms with Crippen LogP contribution < -0.4 is 5.32 Å². The molecule has 0 saturated carbocycles.